The highest BCUT2D eigenvalue weighted by Crippen LogP contribution is 2.32. The average molecular weight is 329 g/mol. The number of furan rings is 1. The molecule has 0 radical (unpaired) electrons. The minimum Gasteiger partial charge on any atom is -0.449 e. The highest BCUT2D eigenvalue weighted by Gasteiger charge is 2.20. The van der Waals surface area contributed by atoms with Gasteiger partial charge >= 0.3 is 0 Å². The van der Waals surface area contributed by atoms with E-state index in [1.54, 1.807) is 18.2 Å². The Morgan fingerprint density at radius 1 is 1.13 bits per heavy atom. The second-order valence-corrected chi connectivity index (χ2v) is 5.46. The van der Waals surface area contributed by atoms with E-state index in [1.165, 1.54) is 0 Å². The lowest BCUT2D eigenvalue weighted by Crippen LogP contribution is -2.18. The van der Waals surface area contributed by atoms with E-state index in [9.17, 15) is 9.59 Å². The van der Waals surface area contributed by atoms with Gasteiger partial charge in [-0.2, -0.15) is 0 Å². The summed E-state index contributed by atoms with van der Waals surface area (Å²) in [5.41, 5.74) is 6.86. The molecule has 23 heavy (non-hydrogen) atoms. The first kappa shape index (κ1) is 15.1. The third kappa shape index (κ3) is 3.19. The first-order valence-corrected chi connectivity index (χ1v) is 7.28. The summed E-state index contributed by atoms with van der Waals surface area (Å²) in [5, 5.41) is 3.70. The predicted octanol–water partition coefficient (Wildman–Crippen LogP) is 3.37. The van der Waals surface area contributed by atoms with Crippen LogP contribution in [0.5, 0.6) is 0 Å². The molecule has 0 atom stereocenters. The van der Waals surface area contributed by atoms with Gasteiger partial charge in [0.1, 0.15) is 11.3 Å². The predicted molar refractivity (Wildman–Crippen MR) is 88.5 cm³/mol. The Hall–Kier alpha value is -2.79. The number of anilines is 1. The van der Waals surface area contributed by atoms with Gasteiger partial charge < -0.3 is 15.5 Å². The van der Waals surface area contributed by atoms with Crippen molar-refractivity contribution in [1.82, 2.24) is 0 Å². The molecule has 0 saturated carbocycles. The minimum atomic E-state index is -0.757. The van der Waals surface area contributed by atoms with Crippen LogP contribution < -0.4 is 11.1 Å². The first-order chi connectivity index (χ1) is 11.0. The number of nitrogens with one attached hydrogen (secondary N) is 1. The molecule has 0 fully saturated rings. The number of nitrogens with two attached hydrogens (primary N) is 1. The summed E-state index contributed by atoms with van der Waals surface area (Å²) in [6.45, 7) is 0. The molecule has 3 N–H and O–H groups in total. The Balaban J connectivity index is 1.94. The summed E-state index contributed by atoms with van der Waals surface area (Å²) in [4.78, 5) is 23.8. The highest BCUT2D eigenvalue weighted by atomic mass is 35.5. The summed E-state index contributed by atoms with van der Waals surface area (Å²) in [7, 11) is 0. The topological polar surface area (TPSA) is 85.3 Å². The number of rotatable bonds is 4. The Morgan fingerprint density at radius 3 is 2.57 bits per heavy atom. The number of carbonyl (C=O) groups excluding carboxylic acids is 2. The van der Waals surface area contributed by atoms with E-state index < -0.39 is 5.91 Å². The van der Waals surface area contributed by atoms with E-state index in [1.807, 2.05) is 30.3 Å². The van der Waals surface area contributed by atoms with E-state index in [0.717, 1.165) is 5.56 Å². The third-order valence-electron chi connectivity index (χ3n) is 3.35. The second kappa shape index (κ2) is 6.14. The number of benzene rings is 2. The van der Waals surface area contributed by atoms with E-state index in [4.69, 9.17) is 21.8 Å². The number of halogens is 1. The van der Waals surface area contributed by atoms with Gasteiger partial charge in [0.2, 0.25) is 11.7 Å². The van der Waals surface area contributed by atoms with Gasteiger partial charge in [-0.3, -0.25) is 9.59 Å². The molecule has 0 unspecified atom stereocenters. The molecule has 0 bridgehead atoms. The zero-order valence-electron chi connectivity index (χ0n) is 12.0. The number of hydrogen-bond donors (Lipinski definition) is 2. The summed E-state index contributed by atoms with van der Waals surface area (Å²) in [6.07, 6.45) is 0.173. The average Bonchev–Trinajstić information content (AvgIpc) is 2.86. The number of primary amides is 1. The zero-order chi connectivity index (χ0) is 16.4. The van der Waals surface area contributed by atoms with E-state index in [-0.39, 0.29) is 23.8 Å². The largest absolute Gasteiger partial charge is 0.449 e. The quantitative estimate of drug-likeness (QED) is 0.770. The number of fused-ring (bicyclic) bond motifs is 1. The monoisotopic (exact) mass is 328 g/mol. The van der Waals surface area contributed by atoms with Gasteiger partial charge in [-0.15, -0.1) is 0 Å². The van der Waals surface area contributed by atoms with Gasteiger partial charge in [-0.25, -0.2) is 0 Å². The maximum atomic E-state index is 12.2. The van der Waals surface area contributed by atoms with Crippen molar-refractivity contribution < 1.29 is 14.0 Å². The van der Waals surface area contributed by atoms with Crippen LogP contribution in [0, 0.1) is 0 Å². The zero-order valence-corrected chi connectivity index (χ0v) is 12.8. The van der Waals surface area contributed by atoms with Gasteiger partial charge in [0, 0.05) is 10.4 Å². The summed E-state index contributed by atoms with van der Waals surface area (Å²) in [5.74, 6) is -1.13. The lowest BCUT2D eigenvalue weighted by atomic mass is 10.1. The number of carbonyl (C=O) groups is 2. The maximum Gasteiger partial charge on any atom is 0.286 e. The molecular formula is C17H13ClN2O3. The summed E-state index contributed by atoms with van der Waals surface area (Å²) >= 11 is 5.98. The van der Waals surface area contributed by atoms with Crippen LogP contribution in [0.25, 0.3) is 11.0 Å². The van der Waals surface area contributed by atoms with E-state index >= 15 is 0 Å². The molecule has 3 rings (SSSR count). The molecule has 3 aromatic rings. The Labute approximate surface area is 137 Å². The second-order valence-electron chi connectivity index (χ2n) is 5.02. The van der Waals surface area contributed by atoms with Crippen molar-refractivity contribution in [3.63, 3.8) is 0 Å². The van der Waals surface area contributed by atoms with Crippen molar-refractivity contribution in [3.05, 3.63) is 64.9 Å². The van der Waals surface area contributed by atoms with Crippen molar-refractivity contribution in [2.75, 3.05) is 5.32 Å². The van der Waals surface area contributed by atoms with Gasteiger partial charge in [-0.05, 0) is 23.8 Å². The van der Waals surface area contributed by atoms with Crippen LogP contribution in [0.2, 0.25) is 5.02 Å². The van der Waals surface area contributed by atoms with Gasteiger partial charge in [0.15, 0.2) is 0 Å². The van der Waals surface area contributed by atoms with Gasteiger partial charge in [-0.1, -0.05) is 41.9 Å². The molecule has 6 heteroatoms. The van der Waals surface area contributed by atoms with Gasteiger partial charge in [0.25, 0.3) is 5.91 Å². The van der Waals surface area contributed by atoms with Crippen molar-refractivity contribution in [3.8, 4) is 0 Å². The van der Waals surface area contributed by atoms with Crippen LogP contribution in [-0.4, -0.2) is 11.8 Å². The highest BCUT2D eigenvalue weighted by molar-refractivity contribution is 6.31. The summed E-state index contributed by atoms with van der Waals surface area (Å²) in [6, 6.07) is 14.1. The fourth-order valence-electron chi connectivity index (χ4n) is 2.33. The van der Waals surface area contributed by atoms with E-state index in [0.29, 0.717) is 16.0 Å². The van der Waals surface area contributed by atoms with Crippen molar-refractivity contribution >= 4 is 40.1 Å². The molecule has 2 aromatic carbocycles. The molecule has 0 aliphatic rings. The van der Waals surface area contributed by atoms with Crippen molar-refractivity contribution in [2.45, 2.75) is 6.42 Å². The molecule has 1 heterocycles. The smallest absolute Gasteiger partial charge is 0.286 e. The normalized spacial score (nSPS) is 10.7. The SMILES string of the molecule is NC(=O)c1oc2ccc(Cl)cc2c1NC(=O)Cc1ccccc1. The molecule has 1 aromatic heterocycles. The van der Waals surface area contributed by atoms with Gasteiger partial charge in [0.05, 0.1) is 6.42 Å². The van der Waals surface area contributed by atoms with Crippen LogP contribution in [0.15, 0.2) is 52.9 Å². The van der Waals surface area contributed by atoms with Crippen LogP contribution in [0.1, 0.15) is 16.1 Å². The molecule has 0 aliphatic heterocycles. The van der Waals surface area contributed by atoms with Crippen molar-refractivity contribution in [2.24, 2.45) is 5.73 Å². The lowest BCUT2D eigenvalue weighted by Gasteiger charge is -2.05. The number of hydrogen-bond acceptors (Lipinski definition) is 3. The molecule has 0 saturated heterocycles. The van der Waals surface area contributed by atoms with Crippen LogP contribution in [-0.2, 0) is 11.2 Å². The van der Waals surface area contributed by atoms with Crippen LogP contribution >= 0.6 is 11.6 Å². The molecule has 116 valence electrons. The number of amides is 2. The van der Waals surface area contributed by atoms with Crippen molar-refractivity contribution in [1.29, 1.82) is 0 Å². The lowest BCUT2D eigenvalue weighted by molar-refractivity contribution is -0.115. The van der Waals surface area contributed by atoms with Crippen LogP contribution in [0.4, 0.5) is 5.69 Å². The van der Waals surface area contributed by atoms with E-state index in [2.05, 4.69) is 5.32 Å². The molecule has 0 spiro atoms. The Morgan fingerprint density at radius 2 is 1.87 bits per heavy atom. The minimum absolute atomic E-state index is 0.0938. The fraction of sp³-hybridized carbons (Fsp3) is 0.0588. The summed E-state index contributed by atoms with van der Waals surface area (Å²) < 4.78 is 5.42. The molecule has 5 nitrogen and oxygen atoms in total. The third-order valence-corrected chi connectivity index (χ3v) is 3.58. The fourth-order valence-corrected chi connectivity index (χ4v) is 2.50. The first-order valence-electron chi connectivity index (χ1n) is 6.90. The molecular weight excluding hydrogens is 316 g/mol. The molecule has 0 aliphatic carbocycles. The maximum absolute atomic E-state index is 12.2. The molecule has 2 amide bonds. The van der Waals surface area contributed by atoms with Crippen LogP contribution in [0.3, 0.4) is 0 Å². The Kier molecular flexibility index (Phi) is 4.04. The standard InChI is InChI=1S/C17H13ClN2O3/c18-11-6-7-13-12(9-11)15(16(23-13)17(19)22)20-14(21)8-10-4-2-1-3-5-10/h1-7,9H,8H2,(H2,19,22)(H,20,21). The Bertz CT molecular complexity index is 887.